The van der Waals surface area contributed by atoms with Crippen molar-refractivity contribution in [3.63, 3.8) is 0 Å². The van der Waals surface area contributed by atoms with Crippen molar-refractivity contribution in [2.24, 2.45) is 4.99 Å². The SMILES string of the molecule is CN=C(NCCCCN1C(=O)c2ccccc2C1=O)NC(C)c1ccc(C)o1. The summed E-state index contributed by atoms with van der Waals surface area (Å²) in [4.78, 5) is 30.2. The minimum atomic E-state index is -0.200. The van der Waals surface area contributed by atoms with E-state index in [0.717, 1.165) is 24.4 Å². The maximum atomic E-state index is 12.3. The first-order chi connectivity index (χ1) is 13.5. The topological polar surface area (TPSA) is 86.9 Å². The summed E-state index contributed by atoms with van der Waals surface area (Å²) in [5, 5.41) is 6.53. The zero-order valence-corrected chi connectivity index (χ0v) is 16.5. The average Bonchev–Trinajstić information content (AvgIpc) is 3.24. The molecular formula is C21H26N4O3. The Bertz CT molecular complexity index is 852. The highest BCUT2D eigenvalue weighted by Gasteiger charge is 2.34. The van der Waals surface area contributed by atoms with Gasteiger partial charge in [0.25, 0.3) is 11.8 Å². The summed E-state index contributed by atoms with van der Waals surface area (Å²) < 4.78 is 5.62. The maximum absolute atomic E-state index is 12.3. The number of amides is 2. The molecule has 1 aliphatic heterocycles. The third kappa shape index (κ3) is 4.24. The van der Waals surface area contributed by atoms with E-state index < -0.39 is 0 Å². The fraction of sp³-hybridized carbons (Fsp3) is 0.381. The van der Waals surface area contributed by atoms with E-state index >= 15 is 0 Å². The lowest BCUT2D eigenvalue weighted by Crippen LogP contribution is -2.39. The van der Waals surface area contributed by atoms with Crippen molar-refractivity contribution >= 4 is 17.8 Å². The fourth-order valence-corrected chi connectivity index (χ4v) is 3.20. The first-order valence-electron chi connectivity index (χ1n) is 9.50. The van der Waals surface area contributed by atoms with Crippen LogP contribution in [0.3, 0.4) is 0 Å². The number of nitrogens with zero attached hydrogens (tertiary/aromatic N) is 2. The van der Waals surface area contributed by atoms with E-state index in [4.69, 9.17) is 4.42 Å². The number of fused-ring (bicyclic) bond motifs is 1. The van der Waals surface area contributed by atoms with Crippen LogP contribution in [0.2, 0.25) is 0 Å². The molecule has 0 saturated heterocycles. The van der Waals surface area contributed by atoms with Gasteiger partial charge in [-0.15, -0.1) is 0 Å². The molecule has 2 aromatic rings. The lowest BCUT2D eigenvalue weighted by molar-refractivity contribution is 0.0652. The first-order valence-corrected chi connectivity index (χ1v) is 9.50. The van der Waals surface area contributed by atoms with E-state index in [1.807, 2.05) is 26.0 Å². The van der Waals surface area contributed by atoms with Gasteiger partial charge in [0.05, 0.1) is 17.2 Å². The average molecular weight is 382 g/mol. The molecule has 0 aliphatic carbocycles. The van der Waals surface area contributed by atoms with Crippen LogP contribution in [0, 0.1) is 6.92 Å². The highest BCUT2D eigenvalue weighted by Crippen LogP contribution is 2.22. The molecule has 0 spiro atoms. The summed E-state index contributed by atoms with van der Waals surface area (Å²) >= 11 is 0. The Kier molecular flexibility index (Phi) is 6.13. The molecule has 2 N–H and O–H groups in total. The van der Waals surface area contributed by atoms with Gasteiger partial charge in [-0.05, 0) is 51.0 Å². The largest absolute Gasteiger partial charge is 0.464 e. The number of imide groups is 1. The number of rotatable bonds is 7. The lowest BCUT2D eigenvalue weighted by Gasteiger charge is -2.17. The second-order valence-corrected chi connectivity index (χ2v) is 6.83. The molecular weight excluding hydrogens is 356 g/mol. The number of carbonyl (C=O) groups excluding carboxylic acids is 2. The van der Waals surface area contributed by atoms with Gasteiger partial charge in [-0.3, -0.25) is 19.5 Å². The number of aryl methyl sites for hydroxylation is 1. The number of hydrogen-bond donors (Lipinski definition) is 2. The Balaban J connectivity index is 1.41. The van der Waals surface area contributed by atoms with Crippen LogP contribution in [0.1, 0.15) is 58.0 Å². The third-order valence-corrected chi connectivity index (χ3v) is 4.74. The van der Waals surface area contributed by atoms with Crippen LogP contribution < -0.4 is 10.6 Å². The van der Waals surface area contributed by atoms with Gasteiger partial charge in [0, 0.05) is 20.1 Å². The Hall–Kier alpha value is -3.09. The predicted octanol–water partition coefficient (Wildman–Crippen LogP) is 2.89. The standard InChI is InChI=1S/C21H26N4O3/c1-14-10-11-18(28-14)15(2)24-21(22-3)23-12-6-7-13-25-19(26)16-8-4-5-9-17(16)20(25)27/h4-5,8-11,15H,6-7,12-13H2,1-3H3,(H2,22,23,24). The molecule has 2 heterocycles. The Morgan fingerprint density at radius 3 is 2.36 bits per heavy atom. The molecule has 1 atom stereocenters. The normalized spacial score (nSPS) is 15.0. The summed E-state index contributed by atoms with van der Waals surface area (Å²) in [6, 6.07) is 10.8. The number of guanidine groups is 1. The Morgan fingerprint density at radius 1 is 1.11 bits per heavy atom. The monoisotopic (exact) mass is 382 g/mol. The zero-order valence-electron chi connectivity index (χ0n) is 16.5. The Labute approximate surface area is 164 Å². The fourth-order valence-electron chi connectivity index (χ4n) is 3.20. The first kappa shape index (κ1) is 19.7. The quantitative estimate of drug-likeness (QED) is 0.333. The number of aliphatic imine (C=N–C) groups is 1. The maximum Gasteiger partial charge on any atom is 0.261 e. The van der Waals surface area contributed by atoms with Gasteiger partial charge in [-0.2, -0.15) is 0 Å². The number of benzene rings is 1. The van der Waals surface area contributed by atoms with Gasteiger partial charge in [-0.1, -0.05) is 12.1 Å². The van der Waals surface area contributed by atoms with Gasteiger partial charge in [0.15, 0.2) is 5.96 Å². The van der Waals surface area contributed by atoms with Crippen LogP contribution in [-0.4, -0.2) is 42.8 Å². The van der Waals surface area contributed by atoms with Gasteiger partial charge in [0.1, 0.15) is 11.5 Å². The highest BCUT2D eigenvalue weighted by atomic mass is 16.3. The van der Waals surface area contributed by atoms with Crippen molar-refractivity contribution in [3.05, 3.63) is 59.0 Å². The molecule has 1 aromatic carbocycles. The van der Waals surface area contributed by atoms with Gasteiger partial charge >= 0.3 is 0 Å². The zero-order chi connectivity index (χ0) is 20.1. The molecule has 0 saturated carbocycles. The third-order valence-electron chi connectivity index (χ3n) is 4.74. The van der Waals surface area contributed by atoms with Crippen LogP contribution in [0.15, 0.2) is 45.8 Å². The minimum Gasteiger partial charge on any atom is -0.464 e. The summed E-state index contributed by atoms with van der Waals surface area (Å²) in [5.74, 6) is 2.01. The van der Waals surface area contributed by atoms with Crippen molar-refractivity contribution in [1.82, 2.24) is 15.5 Å². The molecule has 7 heteroatoms. The van der Waals surface area contributed by atoms with Crippen LogP contribution in [0.4, 0.5) is 0 Å². The molecule has 7 nitrogen and oxygen atoms in total. The number of furan rings is 1. The molecule has 148 valence electrons. The Morgan fingerprint density at radius 2 is 1.79 bits per heavy atom. The van der Waals surface area contributed by atoms with Crippen molar-refractivity contribution in [3.8, 4) is 0 Å². The van der Waals surface area contributed by atoms with Crippen LogP contribution >= 0.6 is 0 Å². The molecule has 2 amide bonds. The van der Waals surface area contributed by atoms with E-state index in [-0.39, 0.29) is 17.9 Å². The molecule has 1 aromatic heterocycles. The van der Waals surface area contributed by atoms with Gasteiger partial charge in [0.2, 0.25) is 0 Å². The number of hydrogen-bond acceptors (Lipinski definition) is 4. The molecule has 1 aliphatic rings. The molecule has 28 heavy (non-hydrogen) atoms. The molecule has 0 fully saturated rings. The highest BCUT2D eigenvalue weighted by molar-refractivity contribution is 6.21. The number of nitrogens with one attached hydrogen (secondary N) is 2. The van der Waals surface area contributed by atoms with Crippen molar-refractivity contribution in [2.45, 2.75) is 32.7 Å². The smallest absolute Gasteiger partial charge is 0.261 e. The van der Waals surface area contributed by atoms with Gasteiger partial charge in [-0.25, -0.2) is 0 Å². The summed E-state index contributed by atoms with van der Waals surface area (Å²) in [6.45, 7) is 5.03. The molecule has 1 unspecified atom stereocenters. The van der Waals surface area contributed by atoms with Gasteiger partial charge < -0.3 is 15.1 Å². The predicted molar refractivity (Wildman–Crippen MR) is 107 cm³/mol. The van der Waals surface area contributed by atoms with Crippen molar-refractivity contribution in [2.75, 3.05) is 20.1 Å². The van der Waals surface area contributed by atoms with E-state index in [2.05, 4.69) is 15.6 Å². The van der Waals surface area contributed by atoms with Crippen LogP contribution in [0.25, 0.3) is 0 Å². The summed E-state index contributed by atoms with van der Waals surface area (Å²) in [5.41, 5.74) is 0.995. The molecule has 0 bridgehead atoms. The van der Waals surface area contributed by atoms with Crippen molar-refractivity contribution < 1.29 is 14.0 Å². The van der Waals surface area contributed by atoms with Crippen LogP contribution in [0.5, 0.6) is 0 Å². The van der Waals surface area contributed by atoms with E-state index in [9.17, 15) is 9.59 Å². The van der Waals surface area contributed by atoms with Crippen LogP contribution in [-0.2, 0) is 0 Å². The van der Waals surface area contributed by atoms with E-state index in [1.54, 1.807) is 31.3 Å². The number of carbonyl (C=O) groups is 2. The summed E-state index contributed by atoms with van der Waals surface area (Å²) in [6.07, 6.45) is 1.53. The van der Waals surface area contributed by atoms with E-state index in [0.29, 0.717) is 30.2 Å². The summed E-state index contributed by atoms with van der Waals surface area (Å²) in [7, 11) is 1.72. The second-order valence-electron chi connectivity index (χ2n) is 6.83. The minimum absolute atomic E-state index is 0.00162. The van der Waals surface area contributed by atoms with E-state index in [1.165, 1.54) is 4.90 Å². The second kappa shape index (κ2) is 8.73. The van der Waals surface area contributed by atoms with Crippen molar-refractivity contribution in [1.29, 1.82) is 0 Å². The molecule has 0 radical (unpaired) electrons. The molecule has 3 rings (SSSR count). The number of unbranched alkanes of at least 4 members (excludes halogenated alkanes) is 1. The lowest BCUT2D eigenvalue weighted by atomic mass is 10.1.